The Morgan fingerprint density at radius 1 is 0.967 bits per heavy atom. The maximum Gasteiger partial charge on any atom is 0.339 e. The molecule has 7 nitrogen and oxygen atoms in total. The molecule has 0 aliphatic rings. The van der Waals surface area contributed by atoms with Crippen molar-refractivity contribution in [1.29, 1.82) is 0 Å². The van der Waals surface area contributed by atoms with Crippen LogP contribution < -0.4 is 19.5 Å². The quantitative estimate of drug-likeness (QED) is 0.582. The zero-order valence-corrected chi connectivity index (χ0v) is 18.1. The van der Waals surface area contributed by atoms with E-state index in [2.05, 4.69) is 5.32 Å². The van der Waals surface area contributed by atoms with Crippen LogP contribution in [0.25, 0.3) is 0 Å². The fourth-order valence-electron chi connectivity index (χ4n) is 2.48. The van der Waals surface area contributed by atoms with Gasteiger partial charge in [0.1, 0.15) is 5.75 Å². The summed E-state index contributed by atoms with van der Waals surface area (Å²) in [5, 5.41) is 2.70. The zero-order chi connectivity index (χ0) is 22.1. The number of rotatable bonds is 10. The maximum atomic E-state index is 12.5. The lowest BCUT2D eigenvalue weighted by molar-refractivity contribution is -0.123. The predicted molar refractivity (Wildman–Crippen MR) is 114 cm³/mol. The van der Waals surface area contributed by atoms with Crippen molar-refractivity contribution < 1.29 is 28.5 Å². The molecule has 1 amide bonds. The van der Waals surface area contributed by atoms with Crippen molar-refractivity contribution in [1.82, 2.24) is 0 Å². The second-order valence-corrected chi connectivity index (χ2v) is 7.06. The van der Waals surface area contributed by atoms with Gasteiger partial charge >= 0.3 is 5.97 Å². The predicted octanol–water partition coefficient (Wildman–Crippen LogP) is 4.31. The number of benzene rings is 2. The van der Waals surface area contributed by atoms with Crippen molar-refractivity contribution >= 4 is 17.6 Å². The van der Waals surface area contributed by atoms with Crippen LogP contribution in [0.1, 0.15) is 38.1 Å². The molecule has 2 aromatic carbocycles. The fourth-order valence-corrected chi connectivity index (χ4v) is 2.48. The summed E-state index contributed by atoms with van der Waals surface area (Å²) in [5.41, 5.74) is 0.855. The molecule has 0 radical (unpaired) electrons. The van der Waals surface area contributed by atoms with Gasteiger partial charge < -0.3 is 24.3 Å². The summed E-state index contributed by atoms with van der Waals surface area (Å²) in [4.78, 5) is 24.9. The van der Waals surface area contributed by atoms with Crippen molar-refractivity contribution in [2.45, 2.75) is 33.8 Å². The average molecular weight is 415 g/mol. The number of esters is 1. The largest absolute Gasteiger partial charge is 0.497 e. The molecule has 1 atom stereocenters. The number of carbonyl (C=O) groups is 2. The van der Waals surface area contributed by atoms with Crippen LogP contribution in [0.3, 0.4) is 0 Å². The standard InChI is InChI=1S/C23H29NO6/c1-6-28-21-13-17(7-12-20(21)29-14-15(2)3)23(26)30-16(4)22(25)24-18-8-10-19(27-5)11-9-18/h7-13,15-16H,6,14H2,1-5H3,(H,24,25)/t16-/m1/s1. The van der Waals surface area contributed by atoms with Crippen LogP contribution in [0.4, 0.5) is 5.69 Å². The van der Waals surface area contributed by atoms with Gasteiger partial charge in [-0.05, 0) is 62.2 Å². The van der Waals surface area contributed by atoms with Gasteiger partial charge in [0.25, 0.3) is 5.91 Å². The highest BCUT2D eigenvalue weighted by Gasteiger charge is 2.20. The number of carbonyl (C=O) groups excluding carboxylic acids is 2. The number of anilines is 1. The number of ether oxygens (including phenoxy) is 4. The van der Waals surface area contributed by atoms with Gasteiger partial charge in [0, 0.05) is 5.69 Å². The first kappa shape index (κ1) is 23.1. The van der Waals surface area contributed by atoms with Crippen LogP contribution in [0.15, 0.2) is 42.5 Å². The Balaban J connectivity index is 2.02. The second kappa shape index (κ2) is 11.1. The summed E-state index contributed by atoms with van der Waals surface area (Å²) >= 11 is 0. The molecule has 0 fully saturated rings. The van der Waals surface area contributed by atoms with Crippen molar-refractivity contribution in [3.05, 3.63) is 48.0 Å². The lowest BCUT2D eigenvalue weighted by Crippen LogP contribution is -2.30. The molecule has 162 valence electrons. The lowest BCUT2D eigenvalue weighted by Gasteiger charge is -2.16. The highest BCUT2D eigenvalue weighted by atomic mass is 16.5. The normalized spacial score (nSPS) is 11.5. The molecule has 0 aromatic heterocycles. The van der Waals surface area contributed by atoms with E-state index >= 15 is 0 Å². The molecule has 0 bridgehead atoms. The molecule has 0 unspecified atom stereocenters. The third kappa shape index (κ3) is 6.69. The van der Waals surface area contributed by atoms with E-state index in [4.69, 9.17) is 18.9 Å². The first-order valence-corrected chi connectivity index (χ1v) is 9.89. The van der Waals surface area contributed by atoms with Crippen molar-refractivity contribution in [3.63, 3.8) is 0 Å². The first-order valence-electron chi connectivity index (χ1n) is 9.89. The monoisotopic (exact) mass is 415 g/mol. The van der Waals surface area contributed by atoms with E-state index in [0.29, 0.717) is 42.1 Å². The lowest BCUT2D eigenvalue weighted by atomic mass is 10.2. The van der Waals surface area contributed by atoms with Gasteiger partial charge in [-0.2, -0.15) is 0 Å². The van der Waals surface area contributed by atoms with E-state index in [-0.39, 0.29) is 5.56 Å². The van der Waals surface area contributed by atoms with Gasteiger partial charge in [0.15, 0.2) is 17.6 Å². The Bertz CT molecular complexity index is 847. The first-order chi connectivity index (χ1) is 14.3. The maximum absolute atomic E-state index is 12.5. The van der Waals surface area contributed by atoms with E-state index in [1.807, 2.05) is 20.8 Å². The van der Waals surface area contributed by atoms with E-state index in [0.717, 1.165) is 0 Å². The Hall–Kier alpha value is -3.22. The van der Waals surface area contributed by atoms with Gasteiger partial charge in [-0.1, -0.05) is 13.8 Å². The van der Waals surface area contributed by atoms with Gasteiger partial charge in [0.05, 0.1) is 25.9 Å². The molecule has 0 saturated carbocycles. The van der Waals surface area contributed by atoms with E-state index in [1.165, 1.54) is 6.92 Å². The number of nitrogens with one attached hydrogen (secondary N) is 1. The number of amides is 1. The summed E-state index contributed by atoms with van der Waals surface area (Å²) in [6, 6.07) is 11.7. The molecule has 0 heterocycles. The van der Waals surface area contributed by atoms with Crippen molar-refractivity contribution in [2.24, 2.45) is 5.92 Å². The van der Waals surface area contributed by atoms with E-state index in [9.17, 15) is 9.59 Å². The molecular weight excluding hydrogens is 386 g/mol. The van der Waals surface area contributed by atoms with E-state index < -0.39 is 18.0 Å². The third-order valence-corrected chi connectivity index (χ3v) is 4.06. The van der Waals surface area contributed by atoms with Crippen molar-refractivity contribution in [3.8, 4) is 17.2 Å². The smallest absolute Gasteiger partial charge is 0.339 e. The molecule has 0 aliphatic heterocycles. The molecular formula is C23H29NO6. The van der Waals surface area contributed by atoms with Gasteiger partial charge in [-0.3, -0.25) is 4.79 Å². The molecule has 0 saturated heterocycles. The molecule has 2 rings (SSSR count). The topological polar surface area (TPSA) is 83.1 Å². The summed E-state index contributed by atoms with van der Waals surface area (Å²) in [5.74, 6) is 1.00. The SMILES string of the molecule is CCOc1cc(C(=O)O[C@H](C)C(=O)Nc2ccc(OC)cc2)ccc1OCC(C)C. The minimum Gasteiger partial charge on any atom is -0.497 e. The van der Waals surface area contributed by atoms with Crippen LogP contribution in [-0.4, -0.2) is 38.3 Å². The zero-order valence-electron chi connectivity index (χ0n) is 18.1. The minimum atomic E-state index is -0.980. The Morgan fingerprint density at radius 3 is 2.27 bits per heavy atom. The second-order valence-electron chi connectivity index (χ2n) is 7.06. The number of methoxy groups -OCH3 is 1. The number of hydrogen-bond acceptors (Lipinski definition) is 6. The molecule has 0 aliphatic carbocycles. The van der Waals surface area contributed by atoms with Gasteiger partial charge in [-0.15, -0.1) is 0 Å². The highest BCUT2D eigenvalue weighted by Crippen LogP contribution is 2.29. The van der Waals surface area contributed by atoms with Gasteiger partial charge in [0.2, 0.25) is 0 Å². The van der Waals surface area contributed by atoms with Crippen LogP contribution in [0.2, 0.25) is 0 Å². The number of hydrogen-bond donors (Lipinski definition) is 1. The Labute approximate surface area is 177 Å². The summed E-state index contributed by atoms with van der Waals surface area (Å²) in [7, 11) is 1.56. The minimum absolute atomic E-state index is 0.277. The fraction of sp³-hybridized carbons (Fsp3) is 0.391. The third-order valence-electron chi connectivity index (χ3n) is 4.06. The molecule has 0 spiro atoms. The van der Waals surface area contributed by atoms with Crippen molar-refractivity contribution in [2.75, 3.05) is 25.6 Å². The molecule has 7 heteroatoms. The Kier molecular flexibility index (Phi) is 8.53. The summed E-state index contributed by atoms with van der Waals surface area (Å²) < 4.78 is 21.7. The summed E-state index contributed by atoms with van der Waals surface area (Å²) in [6.07, 6.45) is -0.980. The van der Waals surface area contributed by atoms with Crippen LogP contribution in [0, 0.1) is 5.92 Å². The van der Waals surface area contributed by atoms with Crippen LogP contribution in [-0.2, 0) is 9.53 Å². The van der Waals surface area contributed by atoms with Crippen LogP contribution in [0.5, 0.6) is 17.2 Å². The van der Waals surface area contributed by atoms with Gasteiger partial charge in [-0.25, -0.2) is 4.79 Å². The van der Waals surface area contributed by atoms with E-state index in [1.54, 1.807) is 49.6 Å². The average Bonchev–Trinajstić information content (AvgIpc) is 2.73. The highest BCUT2D eigenvalue weighted by molar-refractivity contribution is 5.97. The molecule has 2 aromatic rings. The van der Waals surface area contributed by atoms with Crippen LogP contribution >= 0.6 is 0 Å². The molecule has 30 heavy (non-hydrogen) atoms. The summed E-state index contributed by atoms with van der Waals surface area (Å²) in [6.45, 7) is 8.42. The molecule has 1 N–H and O–H groups in total. The Morgan fingerprint density at radius 2 is 1.67 bits per heavy atom.